The lowest BCUT2D eigenvalue weighted by Gasteiger charge is -1.95. The minimum Gasteiger partial charge on any atom is -0.467 e. The number of thiophene rings is 1. The van der Waals surface area contributed by atoms with Crippen LogP contribution in [-0.2, 0) is 0 Å². The molecule has 0 aliphatic rings. The fourth-order valence-corrected chi connectivity index (χ4v) is 2.32. The molecule has 5 heteroatoms. The summed E-state index contributed by atoms with van der Waals surface area (Å²) in [5, 5.41) is 1.98. The molecule has 0 saturated heterocycles. The van der Waals surface area contributed by atoms with E-state index in [0.717, 1.165) is 14.7 Å². The highest BCUT2D eigenvalue weighted by molar-refractivity contribution is 9.10. The topological polar surface area (TPSA) is 35.0 Å². The Morgan fingerprint density at radius 2 is 2.42 bits per heavy atom. The number of nitrogens with zero attached hydrogens (tertiary/aromatic N) is 2. The van der Waals surface area contributed by atoms with E-state index in [1.165, 1.54) is 0 Å². The Balaban J connectivity index is 2.71. The van der Waals surface area contributed by atoms with Crippen molar-refractivity contribution in [3.63, 3.8) is 0 Å². The Labute approximate surface area is 81.5 Å². The van der Waals surface area contributed by atoms with Crippen LogP contribution in [0.5, 0.6) is 6.01 Å². The predicted molar refractivity (Wildman–Crippen MR) is 51.7 cm³/mol. The van der Waals surface area contributed by atoms with Crippen molar-refractivity contribution < 1.29 is 4.74 Å². The van der Waals surface area contributed by atoms with Crippen molar-refractivity contribution in [1.82, 2.24) is 9.97 Å². The molecule has 2 heterocycles. The highest BCUT2D eigenvalue weighted by Gasteiger charge is 2.04. The van der Waals surface area contributed by atoms with Crippen LogP contribution in [0.15, 0.2) is 16.0 Å². The summed E-state index contributed by atoms with van der Waals surface area (Å²) in [5.74, 6) is 0. The summed E-state index contributed by atoms with van der Waals surface area (Å²) in [5.41, 5.74) is 0.909. The number of aromatic nitrogens is 2. The molecule has 62 valence electrons. The highest BCUT2D eigenvalue weighted by Crippen LogP contribution is 2.28. The monoisotopic (exact) mass is 244 g/mol. The number of hydrogen-bond donors (Lipinski definition) is 0. The van der Waals surface area contributed by atoms with Gasteiger partial charge < -0.3 is 4.74 Å². The first-order valence-corrected chi connectivity index (χ1v) is 4.92. The average molecular weight is 245 g/mol. The van der Waals surface area contributed by atoms with Crippen LogP contribution in [0.3, 0.4) is 0 Å². The molecule has 0 atom stereocenters. The Morgan fingerprint density at radius 1 is 1.58 bits per heavy atom. The number of halogens is 1. The van der Waals surface area contributed by atoms with Crippen molar-refractivity contribution in [2.75, 3.05) is 7.11 Å². The number of methoxy groups -OCH3 is 1. The normalized spacial score (nSPS) is 10.5. The summed E-state index contributed by atoms with van der Waals surface area (Å²) in [6.45, 7) is 0. The largest absolute Gasteiger partial charge is 0.467 e. The second kappa shape index (κ2) is 2.99. The predicted octanol–water partition coefficient (Wildman–Crippen LogP) is 2.46. The van der Waals surface area contributed by atoms with Gasteiger partial charge in [0.2, 0.25) is 0 Å². The van der Waals surface area contributed by atoms with Gasteiger partial charge in [-0.3, -0.25) is 0 Å². The molecule has 0 N–H and O–H groups in total. The molecule has 3 nitrogen and oxygen atoms in total. The zero-order valence-corrected chi connectivity index (χ0v) is 8.65. The van der Waals surface area contributed by atoms with E-state index in [9.17, 15) is 0 Å². The van der Waals surface area contributed by atoms with E-state index < -0.39 is 0 Å². The van der Waals surface area contributed by atoms with Crippen LogP contribution in [0.2, 0.25) is 0 Å². The molecule has 2 aromatic heterocycles. The second-order valence-electron chi connectivity index (χ2n) is 2.15. The third-order valence-corrected chi connectivity index (χ3v) is 3.25. The minimum absolute atomic E-state index is 0.404. The third kappa shape index (κ3) is 1.19. The maximum Gasteiger partial charge on any atom is 0.316 e. The summed E-state index contributed by atoms with van der Waals surface area (Å²) in [6, 6.07) is 0.404. The molecule has 0 unspecified atom stereocenters. The van der Waals surface area contributed by atoms with Crippen LogP contribution < -0.4 is 4.74 Å². The molecule has 0 spiro atoms. The first-order valence-electron chi connectivity index (χ1n) is 3.25. The molecule has 0 saturated carbocycles. The van der Waals surface area contributed by atoms with Crippen LogP contribution in [0.4, 0.5) is 0 Å². The molecule has 0 bridgehead atoms. The zero-order chi connectivity index (χ0) is 8.55. The van der Waals surface area contributed by atoms with E-state index in [1.807, 2.05) is 5.38 Å². The van der Waals surface area contributed by atoms with Crippen LogP contribution in [0.1, 0.15) is 0 Å². The Kier molecular flexibility index (Phi) is 1.98. The first-order chi connectivity index (χ1) is 5.81. The Morgan fingerprint density at radius 3 is 3.17 bits per heavy atom. The van der Waals surface area contributed by atoms with E-state index in [-0.39, 0.29) is 0 Å². The van der Waals surface area contributed by atoms with Crippen molar-refractivity contribution in [2.24, 2.45) is 0 Å². The Hall–Kier alpha value is -0.680. The van der Waals surface area contributed by atoms with Gasteiger partial charge in [0.25, 0.3) is 0 Å². The maximum atomic E-state index is 4.91. The number of rotatable bonds is 1. The van der Waals surface area contributed by atoms with Crippen LogP contribution >= 0.6 is 27.3 Å². The lowest BCUT2D eigenvalue weighted by Crippen LogP contribution is -1.89. The van der Waals surface area contributed by atoms with Crippen molar-refractivity contribution >= 4 is 37.5 Å². The van der Waals surface area contributed by atoms with Gasteiger partial charge in [0, 0.05) is 5.38 Å². The van der Waals surface area contributed by atoms with E-state index in [2.05, 4.69) is 25.9 Å². The molecule has 0 amide bonds. The van der Waals surface area contributed by atoms with Gasteiger partial charge in [0.1, 0.15) is 5.52 Å². The van der Waals surface area contributed by atoms with Gasteiger partial charge in [-0.15, -0.1) is 11.3 Å². The quantitative estimate of drug-likeness (QED) is 0.774. The zero-order valence-electron chi connectivity index (χ0n) is 6.24. The molecular formula is C7H5BrN2OS. The van der Waals surface area contributed by atoms with Gasteiger partial charge in [0.05, 0.1) is 22.5 Å². The fourth-order valence-electron chi connectivity index (χ4n) is 0.881. The first kappa shape index (κ1) is 7.94. The molecule has 0 radical (unpaired) electrons. The summed E-state index contributed by atoms with van der Waals surface area (Å²) >= 11 is 5.00. The van der Waals surface area contributed by atoms with Gasteiger partial charge in [-0.05, 0) is 15.9 Å². The second-order valence-corrected chi connectivity index (χ2v) is 3.92. The summed E-state index contributed by atoms with van der Waals surface area (Å²) in [4.78, 5) is 8.18. The molecule has 2 aromatic rings. The average Bonchev–Trinajstić information content (AvgIpc) is 2.47. The lowest BCUT2D eigenvalue weighted by atomic mass is 10.5. The molecule has 0 aliphatic carbocycles. The van der Waals surface area contributed by atoms with Crippen molar-refractivity contribution in [3.05, 3.63) is 16.0 Å². The van der Waals surface area contributed by atoms with E-state index in [4.69, 9.17) is 4.74 Å². The molecular weight excluding hydrogens is 240 g/mol. The van der Waals surface area contributed by atoms with Crippen LogP contribution in [0.25, 0.3) is 10.2 Å². The summed E-state index contributed by atoms with van der Waals surface area (Å²) in [7, 11) is 1.56. The molecule has 0 aromatic carbocycles. The minimum atomic E-state index is 0.404. The number of fused-ring (bicyclic) bond motifs is 1. The number of ether oxygens (including phenoxy) is 1. The van der Waals surface area contributed by atoms with E-state index in [1.54, 1.807) is 24.6 Å². The fraction of sp³-hybridized carbons (Fsp3) is 0.143. The van der Waals surface area contributed by atoms with Gasteiger partial charge in [-0.2, -0.15) is 4.98 Å². The SMILES string of the molecule is COc1ncc2scc(Br)c2n1. The van der Waals surface area contributed by atoms with E-state index in [0.29, 0.717) is 6.01 Å². The standard InChI is InChI=1S/C7H5BrN2OS/c1-11-7-9-2-5-6(10-7)4(8)3-12-5/h2-3H,1H3. The molecule has 2 rings (SSSR count). The van der Waals surface area contributed by atoms with Crippen molar-refractivity contribution in [3.8, 4) is 6.01 Å². The van der Waals surface area contributed by atoms with Gasteiger partial charge in [-0.1, -0.05) is 0 Å². The van der Waals surface area contributed by atoms with Crippen LogP contribution in [-0.4, -0.2) is 17.1 Å². The number of hydrogen-bond acceptors (Lipinski definition) is 4. The van der Waals surface area contributed by atoms with Crippen LogP contribution in [0, 0.1) is 0 Å². The molecule has 0 fully saturated rings. The smallest absolute Gasteiger partial charge is 0.316 e. The third-order valence-electron chi connectivity index (χ3n) is 1.43. The molecule has 12 heavy (non-hydrogen) atoms. The van der Waals surface area contributed by atoms with Crippen molar-refractivity contribution in [1.29, 1.82) is 0 Å². The van der Waals surface area contributed by atoms with Gasteiger partial charge >= 0.3 is 6.01 Å². The summed E-state index contributed by atoms with van der Waals surface area (Å²) in [6.07, 6.45) is 1.76. The summed E-state index contributed by atoms with van der Waals surface area (Å²) < 4.78 is 6.96. The molecule has 0 aliphatic heterocycles. The van der Waals surface area contributed by atoms with E-state index >= 15 is 0 Å². The van der Waals surface area contributed by atoms with Gasteiger partial charge in [-0.25, -0.2) is 4.98 Å². The maximum absolute atomic E-state index is 4.91. The lowest BCUT2D eigenvalue weighted by molar-refractivity contribution is 0.382. The highest BCUT2D eigenvalue weighted by atomic mass is 79.9. The van der Waals surface area contributed by atoms with Gasteiger partial charge in [0.15, 0.2) is 0 Å². The van der Waals surface area contributed by atoms with Crippen molar-refractivity contribution in [2.45, 2.75) is 0 Å². The Bertz CT molecular complexity index is 415.